The highest BCUT2D eigenvalue weighted by atomic mass is 15.0. The number of para-hydroxylation sites is 3. The molecule has 0 aliphatic heterocycles. The number of fused-ring (bicyclic) bond motifs is 8. The van der Waals surface area contributed by atoms with E-state index in [0.717, 1.165) is 11.4 Å². The van der Waals surface area contributed by atoms with Gasteiger partial charge in [-0.2, -0.15) is 0 Å². The molecule has 224 valence electrons. The van der Waals surface area contributed by atoms with E-state index in [4.69, 9.17) is 0 Å². The second-order valence-electron chi connectivity index (χ2n) is 12.5. The predicted octanol–water partition coefficient (Wildman–Crippen LogP) is 12.4. The van der Waals surface area contributed by atoms with Crippen LogP contribution in [0.1, 0.15) is 0 Å². The summed E-state index contributed by atoms with van der Waals surface area (Å²) in [6.07, 6.45) is 0. The molecule has 0 saturated carbocycles. The molecule has 2 heterocycles. The highest BCUT2D eigenvalue weighted by Gasteiger charge is 2.21. The van der Waals surface area contributed by atoms with Crippen LogP contribution in [0.3, 0.4) is 0 Å². The maximum absolute atomic E-state index is 2.46. The van der Waals surface area contributed by atoms with Gasteiger partial charge in [-0.3, -0.25) is 0 Å². The van der Waals surface area contributed by atoms with Crippen molar-refractivity contribution in [2.24, 2.45) is 0 Å². The zero-order valence-electron chi connectivity index (χ0n) is 26.2. The van der Waals surface area contributed by atoms with E-state index in [1.165, 1.54) is 76.6 Å². The van der Waals surface area contributed by atoms with Crippen molar-refractivity contribution < 1.29 is 0 Å². The van der Waals surface area contributed by atoms with E-state index in [0.29, 0.717) is 0 Å². The van der Waals surface area contributed by atoms with Crippen LogP contribution in [0.2, 0.25) is 0 Å². The summed E-state index contributed by atoms with van der Waals surface area (Å²) in [5.74, 6) is 0. The van der Waals surface area contributed by atoms with E-state index >= 15 is 0 Å². The molecule has 0 bridgehead atoms. The zero-order valence-corrected chi connectivity index (χ0v) is 26.2. The van der Waals surface area contributed by atoms with Crippen LogP contribution in [0.4, 0.5) is 0 Å². The van der Waals surface area contributed by atoms with Gasteiger partial charge >= 0.3 is 0 Å². The molecule has 2 heteroatoms. The number of benzene rings is 8. The van der Waals surface area contributed by atoms with Crippen molar-refractivity contribution >= 4 is 54.4 Å². The van der Waals surface area contributed by atoms with Crippen LogP contribution < -0.4 is 0 Å². The molecule has 0 spiro atoms. The van der Waals surface area contributed by atoms with E-state index in [1.807, 2.05) is 0 Å². The van der Waals surface area contributed by atoms with Crippen molar-refractivity contribution in [3.05, 3.63) is 182 Å². The van der Waals surface area contributed by atoms with Crippen molar-refractivity contribution in [2.45, 2.75) is 0 Å². The predicted molar refractivity (Wildman–Crippen MR) is 203 cm³/mol. The topological polar surface area (TPSA) is 9.86 Å². The molecule has 0 aliphatic carbocycles. The van der Waals surface area contributed by atoms with Gasteiger partial charge in [0.05, 0.1) is 22.1 Å². The molecule has 0 saturated heterocycles. The first-order valence-corrected chi connectivity index (χ1v) is 16.5. The molecule has 0 aliphatic rings. The molecule has 0 atom stereocenters. The lowest BCUT2D eigenvalue weighted by Crippen LogP contribution is -1.98. The molecule has 48 heavy (non-hydrogen) atoms. The van der Waals surface area contributed by atoms with E-state index in [9.17, 15) is 0 Å². The molecular formula is C46H30N2. The number of rotatable bonds is 4. The van der Waals surface area contributed by atoms with Gasteiger partial charge in [0.2, 0.25) is 0 Å². The van der Waals surface area contributed by atoms with Gasteiger partial charge < -0.3 is 9.13 Å². The Labute approximate surface area is 278 Å². The number of nitrogens with zero attached hydrogens (tertiary/aromatic N) is 2. The van der Waals surface area contributed by atoms with E-state index in [2.05, 4.69) is 191 Å². The van der Waals surface area contributed by atoms with Crippen LogP contribution in [0, 0.1) is 0 Å². The first kappa shape index (κ1) is 26.8. The number of aromatic nitrogens is 2. The second-order valence-corrected chi connectivity index (χ2v) is 12.5. The van der Waals surface area contributed by atoms with Gasteiger partial charge in [0.25, 0.3) is 0 Å². The normalized spacial score (nSPS) is 11.8. The fraction of sp³-hybridized carbons (Fsp3) is 0. The van der Waals surface area contributed by atoms with Crippen LogP contribution in [0.15, 0.2) is 182 Å². The Morgan fingerprint density at radius 1 is 0.250 bits per heavy atom. The summed E-state index contributed by atoms with van der Waals surface area (Å²) in [4.78, 5) is 0. The first-order valence-electron chi connectivity index (χ1n) is 16.5. The Kier molecular flexibility index (Phi) is 5.91. The minimum Gasteiger partial charge on any atom is -0.307 e. The van der Waals surface area contributed by atoms with Crippen LogP contribution in [-0.2, 0) is 0 Å². The zero-order chi connectivity index (χ0) is 31.6. The average molecular weight is 611 g/mol. The van der Waals surface area contributed by atoms with Crippen LogP contribution >= 0.6 is 0 Å². The molecule has 0 N–H and O–H groups in total. The van der Waals surface area contributed by atoms with Crippen molar-refractivity contribution in [2.75, 3.05) is 0 Å². The molecule has 8 aromatic carbocycles. The highest BCUT2D eigenvalue weighted by Crippen LogP contribution is 2.42. The van der Waals surface area contributed by atoms with Gasteiger partial charge in [0, 0.05) is 32.9 Å². The first-order chi connectivity index (χ1) is 23.8. The molecule has 2 nitrogen and oxygen atoms in total. The highest BCUT2D eigenvalue weighted by molar-refractivity contribution is 6.23. The monoisotopic (exact) mass is 610 g/mol. The summed E-state index contributed by atoms with van der Waals surface area (Å²) in [6.45, 7) is 0. The van der Waals surface area contributed by atoms with Gasteiger partial charge in [-0.05, 0) is 69.4 Å². The lowest BCUT2D eigenvalue weighted by Gasteiger charge is -2.14. The van der Waals surface area contributed by atoms with Crippen molar-refractivity contribution in [3.8, 4) is 33.6 Å². The van der Waals surface area contributed by atoms with Crippen molar-refractivity contribution in [1.29, 1.82) is 0 Å². The van der Waals surface area contributed by atoms with Gasteiger partial charge in [-0.25, -0.2) is 0 Å². The molecule has 10 aromatic rings. The Morgan fingerprint density at radius 3 is 1.17 bits per heavy atom. The Bertz CT molecular complexity index is 2800. The standard InChI is InChI=1S/C46H30N2/c1-3-13-31(14-4-1)35-27-28-36(38-18-8-7-17-37(35)38)32-23-25-34(26-24-32)48-44-22-12-10-20-40(44)42-30-29-41-39-19-9-11-21-43(39)47(45(41)46(42)48)33-15-5-2-6-16-33/h1-30H. The third-order valence-electron chi connectivity index (χ3n) is 9.93. The Hall–Kier alpha value is -6.38. The van der Waals surface area contributed by atoms with Crippen LogP contribution in [0.5, 0.6) is 0 Å². The molecule has 2 aromatic heterocycles. The van der Waals surface area contributed by atoms with Crippen LogP contribution in [-0.4, -0.2) is 9.13 Å². The van der Waals surface area contributed by atoms with Gasteiger partial charge in [-0.1, -0.05) is 146 Å². The van der Waals surface area contributed by atoms with Gasteiger partial charge in [-0.15, -0.1) is 0 Å². The largest absolute Gasteiger partial charge is 0.307 e. The summed E-state index contributed by atoms with van der Waals surface area (Å²) in [5, 5.41) is 7.56. The van der Waals surface area contributed by atoms with E-state index < -0.39 is 0 Å². The Balaban J connectivity index is 1.22. The molecule has 0 amide bonds. The number of hydrogen-bond donors (Lipinski definition) is 0. The fourth-order valence-electron chi connectivity index (χ4n) is 7.82. The Morgan fingerprint density at radius 2 is 0.646 bits per heavy atom. The molecule has 0 radical (unpaired) electrons. The average Bonchev–Trinajstić information content (AvgIpc) is 3.68. The smallest absolute Gasteiger partial charge is 0.0788 e. The molecule has 0 fully saturated rings. The minimum absolute atomic E-state index is 1.15. The quantitative estimate of drug-likeness (QED) is 0.188. The second kappa shape index (κ2) is 10.6. The van der Waals surface area contributed by atoms with Crippen molar-refractivity contribution in [3.63, 3.8) is 0 Å². The van der Waals surface area contributed by atoms with E-state index in [1.54, 1.807) is 0 Å². The summed E-state index contributed by atoms with van der Waals surface area (Å²) in [5.41, 5.74) is 12.1. The van der Waals surface area contributed by atoms with Crippen LogP contribution in [0.25, 0.3) is 88.0 Å². The van der Waals surface area contributed by atoms with Gasteiger partial charge in [0.15, 0.2) is 0 Å². The van der Waals surface area contributed by atoms with Crippen molar-refractivity contribution in [1.82, 2.24) is 9.13 Å². The lowest BCUT2D eigenvalue weighted by molar-refractivity contribution is 1.15. The summed E-state index contributed by atoms with van der Waals surface area (Å²) >= 11 is 0. The fourth-order valence-corrected chi connectivity index (χ4v) is 7.82. The summed E-state index contributed by atoms with van der Waals surface area (Å²) in [6, 6.07) is 66.1. The minimum atomic E-state index is 1.15. The number of hydrogen-bond acceptors (Lipinski definition) is 0. The summed E-state index contributed by atoms with van der Waals surface area (Å²) < 4.78 is 4.91. The maximum Gasteiger partial charge on any atom is 0.0788 e. The van der Waals surface area contributed by atoms with E-state index in [-0.39, 0.29) is 0 Å². The maximum atomic E-state index is 2.46. The SMILES string of the molecule is c1ccc(-c2ccc(-c3ccc(-n4c5ccccc5c5ccc6c7ccccc7n(-c7ccccc7)c6c54)cc3)c3ccccc23)cc1. The lowest BCUT2D eigenvalue weighted by atomic mass is 9.92. The molecule has 0 unspecified atom stereocenters. The molecular weight excluding hydrogens is 581 g/mol. The third-order valence-corrected chi connectivity index (χ3v) is 9.93. The third kappa shape index (κ3) is 3.93. The molecule has 10 rings (SSSR count). The summed E-state index contributed by atoms with van der Waals surface area (Å²) in [7, 11) is 0. The van der Waals surface area contributed by atoms with Gasteiger partial charge in [0.1, 0.15) is 0 Å².